The Bertz CT molecular complexity index is 762. The van der Waals surface area contributed by atoms with Crippen molar-refractivity contribution in [1.29, 1.82) is 0 Å². The summed E-state index contributed by atoms with van der Waals surface area (Å²) in [6, 6.07) is 21.4. The van der Waals surface area contributed by atoms with Gasteiger partial charge in [0.2, 0.25) is 0 Å². The van der Waals surface area contributed by atoms with Crippen LogP contribution >= 0.6 is 0 Å². The van der Waals surface area contributed by atoms with Crippen LogP contribution in [-0.4, -0.2) is 0 Å². The Kier molecular flexibility index (Phi) is 4.85. The van der Waals surface area contributed by atoms with Gasteiger partial charge >= 0.3 is 0 Å². The van der Waals surface area contributed by atoms with E-state index in [1.54, 1.807) is 0 Å². The number of benzene rings is 2. The lowest BCUT2D eigenvalue weighted by molar-refractivity contribution is 0.344. The lowest BCUT2D eigenvalue weighted by atomic mass is 9.75. The van der Waals surface area contributed by atoms with Crippen molar-refractivity contribution in [3.8, 4) is 0 Å². The minimum Gasteiger partial charge on any atom is -0.0739 e. The summed E-state index contributed by atoms with van der Waals surface area (Å²) in [5, 5.41) is 0. The lowest BCUT2D eigenvalue weighted by Crippen LogP contribution is -2.20. The van der Waals surface area contributed by atoms with Crippen molar-refractivity contribution in [2.75, 3.05) is 0 Å². The first-order valence-corrected chi connectivity index (χ1v) is 8.87. The van der Waals surface area contributed by atoms with E-state index in [0.717, 1.165) is 0 Å². The smallest absolute Gasteiger partial charge is 0.00706 e. The first-order chi connectivity index (χ1) is 11.6. The van der Waals surface area contributed by atoms with Crippen LogP contribution in [0, 0.1) is 11.3 Å². The molecule has 0 saturated heterocycles. The minimum atomic E-state index is 0.0625. The average Bonchev–Trinajstić information content (AvgIpc) is 2.83. The Labute approximate surface area is 146 Å². The molecule has 0 N–H and O–H groups in total. The molecule has 0 heteroatoms. The molecule has 0 fully saturated rings. The Morgan fingerprint density at radius 2 is 1.38 bits per heavy atom. The fraction of sp³-hybridized carbons (Fsp3) is 0.250. The number of allylic oxidation sites excluding steroid dienone is 6. The average molecular weight is 314 g/mol. The van der Waals surface area contributed by atoms with Crippen molar-refractivity contribution < 1.29 is 0 Å². The second kappa shape index (κ2) is 7.05. The van der Waals surface area contributed by atoms with Crippen LogP contribution in [0.25, 0.3) is 11.1 Å². The molecule has 1 aliphatic carbocycles. The molecule has 3 rings (SSSR count). The van der Waals surface area contributed by atoms with E-state index in [0.29, 0.717) is 5.92 Å². The maximum atomic E-state index is 2.45. The van der Waals surface area contributed by atoms with E-state index >= 15 is 0 Å². The molecule has 0 nitrogen and oxygen atoms in total. The Balaban J connectivity index is 2.13. The highest BCUT2D eigenvalue weighted by Gasteiger charge is 2.27. The molecule has 0 spiro atoms. The van der Waals surface area contributed by atoms with Gasteiger partial charge in [-0.15, -0.1) is 0 Å². The van der Waals surface area contributed by atoms with Crippen molar-refractivity contribution in [2.24, 2.45) is 11.3 Å². The van der Waals surface area contributed by atoms with Gasteiger partial charge in [-0.1, -0.05) is 106 Å². The summed E-state index contributed by atoms with van der Waals surface area (Å²) < 4.78 is 0. The van der Waals surface area contributed by atoms with E-state index in [-0.39, 0.29) is 5.41 Å². The highest BCUT2D eigenvalue weighted by molar-refractivity contribution is 5.89. The highest BCUT2D eigenvalue weighted by Crippen LogP contribution is 2.40. The Morgan fingerprint density at radius 3 is 1.92 bits per heavy atom. The topological polar surface area (TPSA) is 0 Å². The molecule has 0 heterocycles. The van der Waals surface area contributed by atoms with Crippen molar-refractivity contribution in [2.45, 2.75) is 27.2 Å². The molecule has 0 amide bonds. The van der Waals surface area contributed by atoms with Gasteiger partial charge in [0, 0.05) is 5.41 Å². The predicted octanol–water partition coefficient (Wildman–Crippen LogP) is 6.78. The zero-order chi connectivity index (χ0) is 17.0. The molecular formula is C24H26. The summed E-state index contributed by atoms with van der Waals surface area (Å²) in [6.07, 6.45) is 10.6. The first kappa shape index (κ1) is 16.5. The first-order valence-electron chi connectivity index (χ1n) is 8.87. The number of rotatable bonds is 4. The predicted molar refractivity (Wildman–Crippen MR) is 106 cm³/mol. The molecule has 0 bridgehead atoms. The van der Waals surface area contributed by atoms with Gasteiger partial charge in [-0.2, -0.15) is 0 Å². The van der Waals surface area contributed by atoms with Crippen molar-refractivity contribution in [3.63, 3.8) is 0 Å². The van der Waals surface area contributed by atoms with Gasteiger partial charge in [-0.3, -0.25) is 0 Å². The molecule has 0 aliphatic heterocycles. The van der Waals surface area contributed by atoms with Crippen molar-refractivity contribution in [3.05, 3.63) is 96.1 Å². The summed E-state index contributed by atoms with van der Waals surface area (Å²) in [6.45, 7) is 6.97. The molecule has 2 atom stereocenters. The van der Waals surface area contributed by atoms with E-state index < -0.39 is 0 Å². The van der Waals surface area contributed by atoms with Gasteiger partial charge in [-0.05, 0) is 34.3 Å². The van der Waals surface area contributed by atoms with Gasteiger partial charge in [0.05, 0.1) is 0 Å². The molecule has 1 aliphatic rings. The molecule has 0 radical (unpaired) electrons. The standard InChI is InChI=1S/C24H26/c1-4-19(2)24(3)16-15-22(20-11-7-5-8-12-20)17-23(18-24)21-13-9-6-10-14-21/h5-19H,4H2,1-3H3. The molecule has 122 valence electrons. The van der Waals surface area contributed by atoms with Crippen molar-refractivity contribution in [1.82, 2.24) is 0 Å². The Hall–Kier alpha value is -2.34. The minimum absolute atomic E-state index is 0.0625. The maximum absolute atomic E-state index is 2.45. The number of hydrogen-bond acceptors (Lipinski definition) is 0. The van der Waals surface area contributed by atoms with Gasteiger partial charge in [0.15, 0.2) is 0 Å². The molecule has 2 aromatic rings. The third-order valence-corrected chi connectivity index (χ3v) is 5.29. The zero-order valence-corrected chi connectivity index (χ0v) is 14.9. The second-order valence-electron chi connectivity index (χ2n) is 6.94. The van der Waals surface area contributed by atoms with E-state index in [1.807, 2.05) is 0 Å². The Morgan fingerprint density at radius 1 is 0.833 bits per heavy atom. The summed E-state index contributed by atoms with van der Waals surface area (Å²) in [7, 11) is 0. The molecule has 2 unspecified atom stereocenters. The third-order valence-electron chi connectivity index (χ3n) is 5.29. The van der Waals surface area contributed by atoms with Gasteiger partial charge in [-0.25, -0.2) is 0 Å². The summed E-state index contributed by atoms with van der Waals surface area (Å²) >= 11 is 0. The maximum Gasteiger partial charge on any atom is 0.00706 e. The van der Waals surface area contributed by atoms with Crippen LogP contribution in [0.15, 0.2) is 85.0 Å². The summed E-state index contributed by atoms with van der Waals surface area (Å²) in [4.78, 5) is 0. The van der Waals surface area contributed by atoms with Gasteiger partial charge in [0.1, 0.15) is 0 Å². The quantitative estimate of drug-likeness (QED) is 0.583. The SMILES string of the molecule is CCC(C)C1(C)C=CC(c2ccccc2)=CC(c2ccccc2)=C1. The summed E-state index contributed by atoms with van der Waals surface area (Å²) in [5.41, 5.74) is 5.19. The molecule has 0 aromatic heterocycles. The molecule has 2 aromatic carbocycles. The molecular weight excluding hydrogens is 288 g/mol. The van der Waals surface area contributed by atoms with E-state index in [1.165, 1.54) is 28.7 Å². The van der Waals surface area contributed by atoms with Crippen LogP contribution in [-0.2, 0) is 0 Å². The van der Waals surface area contributed by atoms with Gasteiger partial charge in [0.25, 0.3) is 0 Å². The second-order valence-corrected chi connectivity index (χ2v) is 6.94. The van der Waals surface area contributed by atoms with Gasteiger partial charge < -0.3 is 0 Å². The fourth-order valence-corrected chi connectivity index (χ4v) is 3.26. The summed E-state index contributed by atoms with van der Waals surface area (Å²) in [5.74, 6) is 0.594. The molecule has 0 saturated carbocycles. The molecule has 24 heavy (non-hydrogen) atoms. The monoisotopic (exact) mass is 314 g/mol. The van der Waals surface area contributed by atoms with Crippen molar-refractivity contribution >= 4 is 11.1 Å². The van der Waals surface area contributed by atoms with E-state index in [9.17, 15) is 0 Å². The third kappa shape index (κ3) is 3.43. The van der Waals surface area contributed by atoms with E-state index in [2.05, 4.69) is 106 Å². The normalized spacial score (nSPS) is 21.6. The van der Waals surface area contributed by atoms with Crippen LogP contribution < -0.4 is 0 Å². The largest absolute Gasteiger partial charge is 0.0739 e. The number of hydrogen-bond donors (Lipinski definition) is 0. The highest BCUT2D eigenvalue weighted by atomic mass is 14.3. The van der Waals surface area contributed by atoms with Crippen LogP contribution in [0.5, 0.6) is 0 Å². The van der Waals surface area contributed by atoms with Crippen LogP contribution in [0.3, 0.4) is 0 Å². The fourth-order valence-electron chi connectivity index (χ4n) is 3.26. The van der Waals surface area contributed by atoms with E-state index in [4.69, 9.17) is 0 Å². The zero-order valence-electron chi connectivity index (χ0n) is 14.9. The van der Waals surface area contributed by atoms with Crippen LogP contribution in [0.4, 0.5) is 0 Å². The van der Waals surface area contributed by atoms with Crippen LogP contribution in [0.2, 0.25) is 0 Å². The van der Waals surface area contributed by atoms with Crippen LogP contribution in [0.1, 0.15) is 38.3 Å². The lowest BCUT2D eigenvalue weighted by Gasteiger charge is -2.29.